The van der Waals surface area contributed by atoms with E-state index in [9.17, 15) is 4.79 Å². The summed E-state index contributed by atoms with van der Waals surface area (Å²) in [5.41, 5.74) is 6.81. The summed E-state index contributed by atoms with van der Waals surface area (Å²) >= 11 is 4.95. The third kappa shape index (κ3) is 2.44. The topological polar surface area (TPSA) is 46.3 Å². The van der Waals surface area contributed by atoms with Crippen molar-refractivity contribution in [1.29, 1.82) is 0 Å². The molecule has 1 fully saturated rings. The third-order valence-electron chi connectivity index (χ3n) is 3.83. The molecule has 0 saturated carbocycles. The van der Waals surface area contributed by atoms with Gasteiger partial charge in [-0.3, -0.25) is 4.79 Å². The lowest BCUT2D eigenvalue weighted by Gasteiger charge is -2.30. The lowest BCUT2D eigenvalue weighted by molar-refractivity contribution is 0.0689. The first kappa shape index (κ1) is 13.9. The molecular weight excluding hydrogens is 336 g/mol. The fourth-order valence-electron chi connectivity index (χ4n) is 2.77. The largest absolute Gasteiger partial charge is 0.397 e. The van der Waals surface area contributed by atoms with Crippen molar-refractivity contribution in [2.45, 2.75) is 19.8 Å². The Kier molecular flexibility index (Phi) is 3.73. The van der Waals surface area contributed by atoms with Gasteiger partial charge in [0.15, 0.2) is 0 Å². The van der Waals surface area contributed by atoms with Gasteiger partial charge in [0.1, 0.15) is 4.88 Å². The fraction of sp³-hybridized carbons (Fsp3) is 0.400. The molecule has 0 spiro atoms. The Morgan fingerprint density at radius 3 is 3.05 bits per heavy atom. The lowest BCUT2D eigenvalue weighted by atomic mass is 10.00. The molecular formula is C15H17BrN2OS. The van der Waals surface area contributed by atoms with Crippen LogP contribution in [0.15, 0.2) is 22.7 Å². The summed E-state index contributed by atoms with van der Waals surface area (Å²) in [6, 6.07) is 5.97. The van der Waals surface area contributed by atoms with Crippen molar-refractivity contribution < 1.29 is 4.79 Å². The molecule has 0 aliphatic carbocycles. The van der Waals surface area contributed by atoms with Crippen molar-refractivity contribution in [2.75, 3.05) is 18.8 Å². The third-order valence-corrected chi connectivity index (χ3v) is 5.49. The number of thiophene rings is 1. The van der Waals surface area contributed by atoms with E-state index in [1.54, 1.807) is 0 Å². The van der Waals surface area contributed by atoms with Crippen molar-refractivity contribution in [1.82, 2.24) is 4.90 Å². The van der Waals surface area contributed by atoms with E-state index in [1.165, 1.54) is 17.8 Å². The predicted octanol–water partition coefficient (Wildman–Crippen LogP) is 4.12. The van der Waals surface area contributed by atoms with Crippen LogP contribution in [0.25, 0.3) is 10.1 Å². The fourth-order valence-corrected chi connectivity index (χ4v) is 4.20. The number of amides is 1. The van der Waals surface area contributed by atoms with E-state index in [0.29, 0.717) is 16.5 Å². The number of hydrogen-bond donors (Lipinski definition) is 1. The second-order valence-corrected chi connectivity index (χ2v) is 7.45. The number of hydrogen-bond acceptors (Lipinski definition) is 3. The lowest BCUT2D eigenvalue weighted by Crippen LogP contribution is -2.38. The van der Waals surface area contributed by atoms with E-state index in [-0.39, 0.29) is 5.91 Å². The quantitative estimate of drug-likeness (QED) is 0.838. The summed E-state index contributed by atoms with van der Waals surface area (Å²) in [5, 5.41) is 0.970. The predicted molar refractivity (Wildman–Crippen MR) is 88.2 cm³/mol. The Hall–Kier alpha value is -1.07. The first-order valence-corrected chi connectivity index (χ1v) is 8.44. The Bertz CT molecular complexity index is 667. The maximum Gasteiger partial charge on any atom is 0.266 e. The number of carbonyl (C=O) groups excluding carboxylic acids is 1. The Balaban J connectivity index is 1.97. The number of benzene rings is 1. The van der Waals surface area contributed by atoms with Crippen LogP contribution in [0, 0.1) is 5.92 Å². The number of halogens is 1. The molecule has 2 heterocycles. The van der Waals surface area contributed by atoms with E-state index >= 15 is 0 Å². The zero-order valence-electron chi connectivity index (χ0n) is 11.4. The van der Waals surface area contributed by atoms with E-state index < -0.39 is 0 Å². The summed E-state index contributed by atoms with van der Waals surface area (Å²) in [5.74, 6) is 0.670. The molecule has 1 unspecified atom stereocenters. The zero-order valence-corrected chi connectivity index (χ0v) is 13.8. The monoisotopic (exact) mass is 352 g/mol. The smallest absolute Gasteiger partial charge is 0.266 e. The molecule has 1 saturated heterocycles. The SMILES string of the molecule is CC1CCCN(C(=O)c2sc3ccc(Br)cc3c2N)C1. The van der Waals surface area contributed by atoms with Gasteiger partial charge >= 0.3 is 0 Å². The van der Waals surface area contributed by atoms with Gasteiger partial charge in [-0.2, -0.15) is 0 Å². The van der Waals surface area contributed by atoms with Crippen molar-refractivity contribution in [2.24, 2.45) is 5.92 Å². The van der Waals surface area contributed by atoms with Gasteiger partial charge in [-0.15, -0.1) is 11.3 Å². The maximum atomic E-state index is 12.7. The van der Waals surface area contributed by atoms with Crippen LogP contribution < -0.4 is 5.73 Å². The number of carbonyl (C=O) groups is 1. The molecule has 1 aromatic heterocycles. The average Bonchev–Trinajstić information content (AvgIpc) is 2.75. The summed E-state index contributed by atoms with van der Waals surface area (Å²) in [6.45, 7) is 3.89. The van der Waals surface area contributed by atoms with Crippen molar-refractivity contribution in [3.05, 3.63) is 27.5 Å². The van der Waals surface area contributed by atoms with E-state index in [4.69, 9.17) is 5.73 Å². The van der Waals surface area contributed by atoms with Crippen molar-refractivity contribution in [3.63, 3.8) is 0 Å². The number of nitrogen functional groups attached to an aromatic ring is 1. The minimum Gasteiger partial charge on any atom is -0.397 e. The average molecular weight is 353 g/mol. The molecule has 5 heteroatoms. The molecule has 1 aliphatic rings. The number of anilines is 1. The molecule has 3 nitrogen and oxygen atoms in total. The Labute approximate surface area is 130 Å². The molecule has 0 radical (unpaired) electrons. The number of rotatable bonds is 1. The normalized spacial score (nSPS) is 19.5. The van der Waals surface area contributed by atoms with Gasteiger partial charge in [-0.1, -0.05) is 22.9 Å². The first-order chi connectivity index (χ1) is 9.56. The highest BCUT2D eigenvalue weighted by Crippen LogP contribution is 2.36. The summed E-state index contributed by atoms with van der Waals surface area (Å²) in [6.07, 6.45) is 2.29. The van der Waals surface area contributed by atoms with Crippen LogP contribution in [0.5, 0.6) is 0 Å². The van der Waals surface area contributed by atoms with E-state index in [0.717, 1.165) is 34.1 Å². The van der Waals surface area contributed by atoms with E-state index in [2.05, 4.69) is 22.9 Å². The standard InChI is InChI=1S/C15H17BrN2OS/c1-9-3-2-6-18(8-9)15(19)14-13(17)11-7-10(16)4-5-12(11)20-14/h4-5,7,9H,2-3,6,8,17H2,1H3. The van der Waals surface area contributed by atoms with Gasteiger partial charge in [0.05, 0.1) is 5.69 Å². The van der Waals surface area contributed by atoms with Crippen LogP contribution in [-0.4, -0.2) is 23.9 Å². The molecule has 2 aromatic rings. The van der Waals surface area contributed by atoms with Crippen LogP contribution in [0.2, 0.25) is 0 Å². The van der Waals surface area contributed by atoms with Gasteiger partial charge < -0.3 is 10.6 Å². The molecule has 1 amide bonds. The second-order valence-electron chi connectivity index (χ2n) is 5.48. The molecule has 3 rings (SSSR count). The first-order valence-electron chi connectivity index (χ1n) is 6.83. The van der Waals surface area contributed by atoms with Crippen molar-refractivity contribution >= 4 is 48.9 Å². The van der Waals surface area contributed by atoms with Gasteiger partial charge in [0.2, 0.25) is 0 Å². The van der Waals surface area contributed by atoms with E-state index in [1.807, 2.05) is 23.1 Å². The number of nitrogens with zero attached hydrogens (tertiary/aromatic N) is 1. The van der Waals surface area contributed by atoms with Crippen LogP contribution in [0.4, 0.5) is 5.69 Å². The molecule has 20 heavy (non-hydrogen) atoms. The number of likely N-dealkylation sites (tertiary alicyclic amines) is 1. The molecule has 1 aromatic carbocycles. The molecule has 0 bridgehead atoms. The summed E-state index contributed by atoms with van der Waals surface area (Å²) in [7, 11) is 0. The minimum atomic E-state index is 0.0892. The van der Waals surface area contributed by atoms with Crippen LogP contribution >= 0.6 is 27.3 Å². The highest BCUT2D eigenvalue weighted by Gasteiger charge is 2.25. The Morgan fingerprint density at radius 2 is 2.30 bits per heavy atom. The van der Waals surface area contributed by atoms with Crippen LogP contribution in [0.1, 0.15) is 29.4 Å². The summed E-state index contributed by atoms with van der Waals surface area (Å²) < 4.78 is 2.05. The van der Waals surface area contributed by atoms with Gasteiger partial charge in [0.25, 0.3) is 5.91 Å². The molecule has 1 atom stereocenters. The van der Waals surface area contributed by atoms with Crippen LogP contribution in [-0.2, 0) is 0 Å². The van der Waals surface area contributed by atoms with Crippen molar-refractivity contribution in [3.8, 4) is 0 Å². The number of fused-ring (bicyclic) bond motifs is 1. The number of nitrogens with two attached hydrogens (primary N) is 1. The highest BCUT2D eigenvalue weighted by molar-refractivity contribution is 9.10. The highest BCUT2D eigenvalue weighted by atomic mass is 79.9. The summed E-state index contributed by atoms with van der Waals surface area (Å²) in [4.78, 5) is 15.3. The number of piperidine rings is 1. The van der Waals surface area contributed by atoms with Gasteiger partial charge in [-0.05, 0) is 37.0 Å². The Morgan fingerprint density at radius 1 is 1.50 bits per heavy atom. The van der Waals surface area contributed by atoms with Gasteiger partial charge in [-0.25, -0.2) is 0 Å². The minimum absolute atomic E-state index is 0.0892. The molecule has 2 N–H and O–H groups in total. The van der Waals surface area contributed by atoms with Gasteiger partial charge in [0, 0.05) is 27.6 Å². The molecule has 106 valence electrons. The second kappa shape index (κ2) is 5.37. The molecule has 1 aliphatic heterocycles. The van der Waals surface area contributed by atoms with Crippen LogP contribution in [0.3, 0.4) is 0 Å². The zero-order chi connectivity index (χ0) is 14.3. The maximum absolute atomic E-state index is 12.7.